The smallest absolute Gasteiger partial charge is 0.307 e. The van der Waals surface area contributed by atoms with Gasteiger partial charge in [0, 0.05) is 6.92 Å². The highest BCUT2D eigenvalue weighted by Crippen LogP contribution is 2.15. The maximum Gasteiger partial charge on any atom is 0.307 e. The first-order valence-electron chi connectivity index (χ1n) is 6.92. The summed E-state index contributed by atoms with van der Waals surface area (Å²) in [5.41, 5.74) is 0. The first-order chi connectivity index (χ1) is 9.36. The molecule has 0 aromatic carbocycles. The van der Waals surface area contributed by atoms with Crippen molar-refractivity contribution in [3.63, 3.8) is 0 Å². The van der Waals surface area contributed by atoms with Crippen molar-refractivity contribution in [1.29, 1.82) is 0 Å². The van der Waals surface area contributed by atoms with Crippen molar-refractivity contribution in [2.45, 2.75) is 59.0 Å². The number of carbonyl (C=O) groups excluding carboxylic acids is 2. The van der Waals surface area contributed by atoms with Crippen LogP contribution in [0.5, 0.6) is 0 Å². The first-order valence-corrected chi connectivity index (χ1v) is 6.92. The molecule has 20 heavy (non-hydrogen) atoms. The number of hydrogen-bond donors (Lipinski definition) is 1. The van der Waals surface area contributed by atoms with Gasteiger partial charge in [-0.1, -0.05) is 6.92 Å². The molecule has 6 nitrogen and oxygen atoms in total. The van der Waals surface area contributed by atoms with Crippen LogP contribution in [0.3, 0.4) is 0 Å². The molecule has 0 radical (unpaired) electrons. The van der Waals surface area contributed by atoms with E-state index in [-0.39, 0.29) is 25.1 Å². The normalized spacial score (nSPS) is 13.3. The monoisotopic (exact) mass is 288 g/mol. The lowest BCUT2D eigenvalue weighted by Crippen LogP contribution is -2.22. The highest BCUT2D eigenvalue weighted by Gasteiger charge is 2.22. The molecule has 0 amide bonds. The van der Waals surface area contributed by atoms with E-state index in [4.69, 9.17) is 14.6 Å². The maximum absolute atomic E-state index is 11.6. The molecule has 0 saturated heterocycles. The van der Waals surface area contributed by atoms with Gasteiger partial charge in [0.15, 0.2) is 0 Å². The molecule has 0 rings (SSSR count). The van der Waals surface area contributed by atoms with Gasteiger partial charge in [-0.15, -0.1) is 0 Å². The van der Waals surface area contributed by atoms with Crippen molar-refractivity contribution in [3.8, 4) is 0 Å². The molecular weight excluding hydrogens is 264 g/mol. The molecular formula is C14H24O6. The molecule has 6 heteroatoms. The van der Waals surface area contributed by atoms with Gasteiger partial charge in [-0.25, -0.2) is 0 Å². The fourth-order valence-corrected chi connectivity index (χ4v) is 1.58. The second kappa shape index (κ2) is 10.2. The Morgan fingerprint density at radius 1 is 1.20 bits per heavy atom. The van der Waals surface area contributed by atoms with E-state index in [2.05, 4.69) is 0 Å². The Balaban J connectivity index is 4.01. The van der Waals surface area contributed by atoms with Crippen LogP contribution in [-0.2, 0) is 23.9 Å². The van der Waals surface area contributed by atoms with Crippen molar-refractivity contribution in [3.05, 3.63) is 0 Å². The number of carboxylic acids is 1. The summed E-state index contributed by atoms with van der Waals surface area (Å²) in [5.74, 6) is -2.58. The lowest BCUT2D eigenvalue weighted by Gasteiger charge is -2.14. The third kappa shape index (κ3) is 9.35. The van der Waals surface area contributed by atoms with Gasteiger partial charge in [0.25, 0.3) is 0 Å². The summed E-state index contributed by atoms with van der Waals surface area (Å²) < 4.78 is 9.82. The van der Waals surface area contributed by atoms with Crippen molar-refractivity contribution < 1.29 is 29.0 Å². The third-order valence-corrected chi connectivity index (χ3v) is 2.92. The minimum Gasteiger partial charge on any atom is -0.481 e. The van der Waals surface area contributed by atoms with Crippen LogP contribution in [0.25, 0.3) is 0 Å². The van der Waals surface area contributed by atoms with Gasteiger partial charge < -0.3 is 14.6 Å². The number of esters is 2. The second-order valence-electron chi connectivity index (χ2n) is 4.78. The Bertz CT molecular complexity index is 326. The van der Waals surface area contributed by atoms with Gasteiger partial charge in [-0.05, 0) is 32.6 Å². The molecule has 0 spiro atoms. The predicted molar refractivity (Wildman–Crippen MR) is 72.1 cm³/mol. The zero-order valence-corrected chi connectivity index (χ0v) is 12.4. The summed E-state index contributed by atoms with van der Waals surface area (Å²) in [7, 11) is 0. The molecule has 0 aliphatic rings. The number of carbonyl (C=O) groups is 3. The molecule has 0 aromatic rings. The van der Waals surface area contributed by atoms with Gasteiger partial charge >= 0.3 is 17.9 Å². The molecule has 0 heterocycles. The van der Waals surface area contributed by atoms with Crippen molar-refractivity contribution in [2.75, 3.05) is 6.61 Å². The number of ether oxygens (including phenoxy) is 2. The number of aliphatic carboxylic acids is 1. The number of unbranched alkanes of at least 4 members (excludes halogenated alkanes) is 1. The lowest BCUT2D eigenvalue weighted by atomic mass is 9.98. The highest BCUT2D eigenvalue weighted by atomic mass is 16.5. The SMILES string of the molecule is CCC(C)OC(=O)CC(CCCCOC(C)=O)C(=O)O. The van der Waals surface area contributed by atoms with E-state index in [1.165, 1.54) is 6.92 Å². The van der Waals surface area contributed by atoms with Crippen molar-refractivity contribution in [1.82, 2.24) is 0 Å². The Hall–Kier alpha value is -1.59. The molecule has 2 unspecified atom stereocenters. The molecule has 0 fully saturated rings. The van der Waals surface area contributed by atoms with Gasteiger partial charge in [0.1, 0.15) is 0 Å². The Kier molecular flexibility index (Phi) is 9.41. The second-order valence-corrected chi connectivity index (χ2v) is 4.78. The molecule has 0 bridgehead atoms. The first kappa shape index (κ1) is 18.4. The molecule has 0 aliphatic carbocycles. The number of hydrogen-bond acceptors (Lipinski definition) is 5. The van der Waals surface area contributed by atoms with E-state index in [9.17, 15) is 14.4 Å². The summed E-state index contributed by atoms with van der Waals surface area (Å²) in [5, 5.41) is 9.07. The van der Waals surface area contributed by atoms with Gasteiger partial charge in [-0.2, -0.15) is 0 Å². The van der Waals surface area contributed by atoms with Crippen LogP contribution >= 0.6 is 0 Å². The summed E-state index contributed by atoms with van der Waals surface area (Å²) in [4.78, 5) is 33.2. The fourth-order valence-electron chi connectivity index (χ4n) is 1.58. The average Bonchev–Trinajstić information content (AvgIpc) is 2.36. The van der Waals surface area contributed by atoms with Crippen molar-refractivity contribution in [2.24, 2.45) is 5.92 Å². The molecule has 1 N–H and O–H groups in total. The highest BCUT2D eigenvalue weighted by molar-refractivity contribution is 5.78. The minimum atomic E-state index is -1.00. The lowest BCUT2D eigenvalue weighted by molar-refractivity contribution is -0.155. The Morgan fingerprint density at radius 3 is 2.35 bits per heavy atom. The van der Waals surface area contributed by atoms with Gasteiger partial charge in [0.2, 0.25) is 0 Å². The van der Waals surface area contributed by atoms with Crippen LogP contribution in [0.15, 0.2) is 0 Å². The molecule has 116 valence electrons. The topological polar surface area (TPSA) is 89.9 Å². The zero-order chi connectivity index (χ0) is 15.5. The maximum atomic E-state index is 11.6. The van der Waals surface area contributed by atoms with Gasteiger partial charge in [0.05, 0.1) is 25.0 Å². The van der Waals surface area contributed by atoms with E-state index in [1.54, 1.807) is 6.92 Å². The van der Waals surface area contributed by atoms with Crippen molar-refractivity contribution >= 4 is 17.9 Å². The molecule has 2 atom stereocenters. The van der Waals surface area contributed by atoms with E-state index >= 15 is 0 Å². The summed E-state index contributed by atoms with van der Waals surface area (Å²) in [6, 6.07) is 0. The van der Waals surface area contributed by atoms with Crippen LogP contribution in [0.1, 0.15) is 52.9 Å². The van der Waals surface area contributed by atoms with Crippen LogP contribution in [0.2, 0.25) is 0 Å². The quantitative estimate of drug-likeness (QED) is 0.489. The average molecular weight is 288 g/mol. The van der Waals surface area contributed by atoms with Crippen LogP contribution in [0.4, 0.5) is 0 Å². The fraction of sp³-hybridized carbons (Fsp3) is 0.786. The summed E-state index contributed by atoms with van der Waals surface area (Å²) in [6.45, 7) is 5.26. The van der Waals surface area contributed by atoms with Crippen LogP contribution in [0, 0.1) is 5.92 Å². The van der Waals surface area contributed by atoms with E-state index in [1.807, 2.05) is 6.92 Å². The standard InChI is InChI=1S/C14H24O6/c1-4-10(2)20-13(16)9-12(14(17)18)7-5-6-8-19-11(3)15/h10,12H,4-9H2,1-3H3,(H,17,18). The minimum absolute atomic E-state index is 0.118. The third-order valence-electron chi connectivity index (χ3n) is 2.92. The van der Waals surface area contributed by atoms with Crippen LogP contribution in [-0.4, -0.2) is 35.7 Å². The van der Waals surface area contributed by atoms with Crippen LogP contribution < -0.4 is 0 Å². The van der Waals surface area contributed by atoms with E-state index in [0.717, 1.165) is 0 Å². The summed E-state index contributed by atoms with van der Waals surface area (Å²) >= 11 is 0. The largest absolute Gasteiger partial charge is 0.481 e. The molecule has 0 saturated carbocycles. The van der Waals surface area contributed by atoms with E-state index < -0.39 is 17.9 Å². The predicted octanol–water partition coefficient (Wildman–Crippen LogP) is 2.15. The Labute approximate surface area is 119 Å². The molecule has 0 aromatic heterocycles. The summed E-state index contributed by atoms with van der Waals surface area (Å²) in [6.07, 6.45) is 1.93. The number of carboxylic acid groups (broad SMARTS) is 1. The Morgan fingerprint density at radius 2 is 1.85 bits per heavy atom. The van der Waals surface area contributed by atoms with E-state index in [0.29, 0.717) is 25.7 Å². The zero-order valence-electron chi connectivity index (χ0n) is 12.4. The molecule has 0 aliphatic heterocycles. The van der Waals surface area contributed by atoms with Gasteiger partial charge in [-0.3, -0.25) is 14.4 Å². The number of rotatable bonds is 10.